The van der Waals surface area contributed by atoms with Crippen molar-refractivity contribution in [3.8, 4) is 5.75 Å². The lowest BCUT2D eigenvalue weighted by Crippen LogP contribution is -2.46. The summed E-state index contributed by atoms with van der Waals surface area (Å²) in [7, 11) is 2.16. The van der Waals surface area contributed by atoms with Gasteiger partial charge in [0.05, 0.1) is 25.0 Å². The predicted octanol–water partition coefficient (Wildman–Crippen LogP) is 1.49. The Hall–Kier alpha value is -0.630. The molecule has 3 atom stereocenters. The zero-order valence-corrected chi connectivity index (χ0v) is 16.8. The lowest BCUT2D eigenvalue weighted by molar-refractivity contribution is 0.0438. The SMILES string of the molecule is CN1CCC(NCC2(COc3cccnc3)C[C@@H](O)[C@@H](O)C2)CC1.Cl.Cl. The fourth-order valence-corrected chi connectivity index (χ4v) is 3.80. The van der Waals surface area contributed by atoms with Crippen molar-refractivity contribution < 1.29 is 14.9 Å². The summed E-state index contributed by atoms with van der Waals surface area (Å²) in [5.41, 5.74) is -0.238. The van der Waals surface area contributed by atoms with Gasteiger partial charge in [0, 0.05) is 24.2 Å². The van der Waals surface area contributed by atoms with Crippen molar-refractivity contribution in [1.29, 1.82) is 0 Å². The first kappa shape index (κ1) is 23.4. The van der Waals surface area contributed by atoms with Crippen LogP contribution in [0.1, 0.15) is 25.7 Å². The highest BCUT2D eigenvalue weighted by molar-refractivity contribution is 5.85. The van der Waals surface area contributed by atoms with E-state index in [1.54, 1.807) is 12.4 Å². The van der Waals surface area contributed by atoms with Crippen LogP contribution in [0.2, 0.25) is 0 Å². The largest absolute Gasteiger partial charge is 0.491 e. The van der Waals surface area contributed by atoms with Gasteiger partial charge in [-0.3, -0.25) is 4.98 Å². The number of pyridine rings is 1. The Kier molecular flexibility index (Phi) is 9.58. The molecule has 0 radical (unpaired) electrons. The van der Waals surface area contributed by atoms with E-state index in [0.717, 1.165) is 38.2 Å². The summed E-state index contributed by atoms with van der Waals surface area (Å²) < 4.78 is 5.91. The van der Waals surface area contributed by atoms with Gasteiger partial charge in [-0.15, -0.1) is 24.8 Å². The minimum Gasteiger partial charge on any atom is -0.491 e. The second-order valence-electron chi connectivity index (χ2n) is 7.48. The molecule has 1 aliphatic carbocycles. The summed E-state index contributed by atoms with van der Waals surface area (Å²) in [6.45, 7) is 3.46. The molecular formula is C18H31Cl2N3O3. The van der Waals surface area contributed by atoms with Gasteiger partial charge in [0.25, 0.3) is 0 Å². The van der Waals surface area contributed by atoms with E-state index in [1.165, 1.54) is 0 Å². The summed E-state index contributed by atoms with van der Waals surface area (Å²) in [6.07, 6.45) is 5.49. The molecule has 3 N–H and O–H groups in total. The van der Waals surface area contributed by atoms with Crippen LogP contribution in [-0.4, -0.2) is 71.6 Å². The average Bonchev–Trinajstić information content (AvgIpc) is 2.88. The standard InChI is InChI=1S/C18H29N3O3.2ClH/c1-21-7-4-14(5-8-21)20-12-18(9-16(22)17(23)10-18)13-24-15-3-2-6-19-11-15;;/h2-3,6,11,14,16-17,20,22-23H,4-5,7-10,12-13H2,1H3;2*1H/t16-,17+,18?;;. The highest BCUT2D eigenvalue weighted by Gasteiger charge is 2.45. The summed E-state index contributed by atoms with van der Waals surface area (Å²) >= 11 is 0. The summed E-state index contributed by atoms with van der Waals surface area (Å²) in [5.74, 6) is 0.729. The van der Waals surface area contributed by atoms with Crippen LogP contribution in [-0.2, 0) is 0 Å². The van der Waals surface area contributed by atoms with Crippen LogP contribution >= 0.6 is 24.8 Å². The number of piperidine rings is 1. The van der Waals surface area contributed by atoms with Gasteiger partial charge in [0.15, 0.2) is 0 Å². The molecule has 150 valence electrons. The zero-order valence-electron chi connectivity index (χ0n) is 15.2. The van der Waals surface area contributed by atoms with Crippen LogP contribution in [0.25, 0.3) is 0 Å². The Morgan fingerprint density at radius 2 is 1.88 bits per heavy atom. The molecule has 2 heterocycles. The van der Waals surface area contributed by atoms with E-state index in [1.807, 2.05) is 12.1 Å². The molecule has 6 nitrogen and oxygen atoms in total. The predicted molar refractivity (Wildman–Crippen MR) is 106 cm³/mol. The Balaban J connectivity index is 0.00000169. The number of hydrogen-bond acceptors (Lipinski definition) is 6. The number of aromatic nitrogens is 1. The molecule has 3 rings (SSSR count). The molecule has 1 aromatic heterocycles. The maximum absolute atomic E-state index is 10.0. The summed E-state index contributed by atoms with van der Waals surface area (Å²) in [6, 6.07) is 4.23. The molecule has 0 aromatic carbocycles. The molecular weight excluding hydrogens is 377 g/mol. The lowest BCUT2D eigenvalue weighted by Gasteiger charge is -2.34. The normalized spacial score (nSPS) is 29.7. The minimum atomic E-state index is -0.665. The van der Waals surface area contributed by atoms with Crippen molar-refractivity contribution in [3.05, 3.63) is 24.5 Å². The maximum Gasteiger partial charge on any atom is 0.137 e. The van der Waals surface area contributed by atoms with Crippen molar-refractivity contribution in [2.75, 3.05) is 33.3 Å². The first-order chi connectivity index (χ1) is 11.6. The monoisotopic (exact) mass is 407 g/mol. The average molecular weight is 408 g/mol. The lowest BCUT2D eigenvalue weighted by atomic mass is 9.86. The molecule has 1 aromatic rings. The van der Waals surface area contributed by atoms with Crippen LogP contribution in [0.4, 0.5) is 0 Å². The van der Waals surface area contributed by atoms with Gasteiger partial charge in [0.1, 0.15) is 5.75 Å². The molecule has 26 heavy (non-hydrogen) atoms. The van der Waals surface area contributed by atoms with Crippen LogP contribution in [0.15, 0.2) is 24.5 Å². The maximum atomic E-state index is 10.0. The van der Waals surface area contributed by atoms with Crippen molar-refractivity contribution in [2.45, 2.75) is 43.9 Å². The molecule has 1 aliphatic heterocycles. The van der Waals surface area contributed by atoms with Gasteiger partial charge in [-0.05, 0) is 58.0 Å². The van der Waals surface area contributed by atoms with E-state index in [2.05, 4.69) is 22.2 Å². The third-order valence-corrected chi connectivity index (χ3v) is 5.39. The Bertz CT molecular complexity index is 506. The van der Waals surface area contributed by atoms with Crippen molar-refractivity contribution in [1.82, 2.24) is 15.2 Å². The first-order valence-corrected chi connectivity index (χ1v) is 8.87. The number of hydrogen-bond donors (Lipinski definition) is 3. The number of aliphatic hydroxyl groups excluding tert-OH is 2. The van der Waals surface area contributed by atoms with E-state index in [9.17, 15) is 10.2 Å². The second kappa shape index (κ2) is 10.6. The topological polar surface area (TPSA) is 77.9 Å². The van der Waals surface area contributed by atoms with E-state index >= 15 is 0 Å². The highest BCUT2D eigenvalue weighted by atomic mass is 35.5. The van der Waals surface area contributed by atoms with E-state index in [0.29, 0.717) is 25.5 Å². The van der Waals surface area contributed by atoms with Gasteiger partial charge in [0.2, 0.25) is 0 Å². The molecule has 1 saturated heterocycles. The smallest absolute Gasteiger partial charge is 0.137 e. The van der Waals surface area contributed by atoms with Gasteiger partial charge >= 0.3 is 0 Å². The zero-order chi connectivity index (χ0) is 17.0. The number of nitrogens with zero attached hydrogens (tertiary/aromatic N) is 2. The molecule has 1 saturated carbocycles. The Morgan fingerprint density at radius 1 is 1.23 bits per heavy atom. The molecule has 8 heteroatoms. The van der Waals surface area contributed by atoms with Gasteiger partial charge in [-0.25, -0.2) is 0 Å². The Morgan fingerprint density at radius 3 is 2.46 bits per heavy atom. The summed E-state index contributed by atoms with van der Waals surface area (Å²) in [4.78, 5) is 6.41. The fraction of sp³-hybridized carbons (Fsp3) is 0.722. The number of nitrogens with one attached hydrogen (secondary N) is 1. The van der Waals surface area contributed by atoms with Crippen LogP contribution < -0.4 is 10.1 Å². The van der Waals surface area contributed by atoms with Crippen molar-refractivity contribution in [3.63, 3.8) is 0 Å². The number of halogens is 2. The van der Waals surface area contributed by atoms with Gasteiger partial charge in [-0.1, -0.05) is 0 Å². The number of rotatable bonds is 6. The quantitative estimate of drug-likeness (QED) is 0.662. The van der Waals surface area contributed by atoms with Crippen molar-refractivity contribution in [2.24, 2.45) is 5.41 Å². The van der Waals surface area contributed by atoms with Crippen molar-refractivity contribution >= 4 is 24.8 Å². The number of aliphatic hydroxyl groups is 2. The fourth-order valence-electron chi connectivity index (χ4n) is 3.80. The van der Waals surface area contributed by atoms with E-state index in [-0.39, 0.29) is 30.2 Å². The summed E-state index contributed by atoms with van der Waals surface area (Å²) in [5, 5.41) is 23.8. The van der Waals surface area contributed by atoms with Crippen LogP contribution in [0, 0.1) is 5.41 Å². The molecule has 0 bridgehead atoms. The third-order valence-electron chi connectivity index (χ3n) is 5.39. The van der Waals surface area contributed by atoms with Gasteiger partial charge < -0.3 is 25.2 Å². The van der Waals surface area contributed by atoms with Crippen LogP contribution in [0.3, 0.4) is 0 Å². The highest BCUT2D eigenvalue weighted by Crippen LogP contribution is 2.39. The van der Waals surface area contributed by atoms with Crippen LogP contribution in [0.5, 0.6) is 5.75 Å². The molecule has 2 fully saturated rings. The molecule has 1 unspecified atom stereocenters. The minimum absolute atomic E-state index is 0. The molecule has 0 amide bonds. The number of ether oxygens (including phenoxy) is 1. The first-order valence-electron chi connectivity index (χ1n) is 8.87. The second-order valence-corrected chi connectivity index (χ2v) is 7.48. The number of likely N-dealkylation sites (tertiary alicyclic amines) is 1. The van der Waals surface area contributed by atoms with E-state index < -0.39 is 12.2 Å². The third kappa shape index (κ3) is 6.22. The molecule has 2 aliphatic rings. The van der Waals surface area contributed by atoms with E-state index in [4.69, 9.17) is 4.74 Å². The van der Waals surface area contributed by atoms with Gasteiger partial charge in [-0.2, -0.15) is 0 Å². The molecule has 0 spiro atoms. The Labute approximate surface area is 168 Å².